The molecule has 1 saturated heterocycles. The Bertz CT molecular complexity index is 252. The van der Waals surface area contributed by atoms with Crippen LogP contribution in [0.5, 0.6) is 0 Å². The van der Waals surface area contributed by atoms with Gasteiger partial charge in [0.05, 0.1) is 0 Å². The van der Waals surface area contributed by atoms with E-state index in [-0.39, 0.29) is 11.5 Å². The molecular weight excluding hydrogens is 266 g/mol. The van der Waals surface area contributed by atoms with Crippen molar-refractivity contribution in [3.05, 3.63) is 0 Å². The standard InChI is InChI=1S/C9H19O3PSe/c1-7(2)8-9(3,4)6-11-13(14,10-5)12-8/h7-8H,6H2,1-5H3/t8-,13+/m1/s1. The minimum absolute atomic E-state index is 0.0556. The molecule has 0 bridgehead atoms. The molecule has 0 aromatic rings. The monoisotopic (exact) mass is 286 g/mol. The van der Waals surface area contributed by atoms with Crippen LogP contribution in [0.15, 0.2) is 0 Å². The van der Waals surface area contributed by atoms with Gasteiger partial charge in [0.1, 0.15) is 0 Å². The molecular formula is C9H19O3PSe. The van der Waals surface area contributed by atoms with E-state index >= 15 is 0 Å². The van der Waals surface area contributed by atoms with E-state index in [1.807, 2.05) is 0 Å². The Morgan fingerprint density at radius 2 is 2.07 bits per heavy atom. The van der Waals surface area contributed by atoms with Crippen LogP contribution in [0.1, 0.15) is 27.7 Å². The molecule has 1 aliphatic rings. The SMILES string of the molecule is CO[P@]1(=[Se])OCC(C)(C)[C@@H](C(C)C)O1. The van der Waals surface area contributed by atoms with Gasteiger partial charge < -0.3 is 0 Å². The zero-order chi connectivity index (χ0) is 11.0. The summed E-state index contributed by atoms with van der Waals surface area (Å²) in [4.78, 5) is 0. The van der Waals surface area contributed by atoms with Crippen molar-refractivity contribution in [3.8, 4) is 0 Å². The van der Waals surface area contributed by atoms with Crippen molar-refractivity contribution in [2.75, 3.05) is 13.7 Å². The van der Waals surface area contributed by atoms with E-state index in [0.29, 0.717) is 12.5 Å². The van der Waals surface area contributed by atoms with Crippen LogP contribution in [0, 0.1) is 11.3 Å². The van der Waals surface area contributed by atoms with E-state index < -0.39 is 6.19 Å². The summed E-state index contributed by atoms with van der Waals surface area (Å²) in [5.41, 5.74) is 0.0556. The van der Waals surface area contributed by atoms with E-state index in [0.717, 1.165) is 0 Å². The van der Waals surface area contributed by atoms with Gasteiger partial charge in [-0.2, -0.15) is 0 Å². The van der Waals surface area contributed by atoms with Crippen molar-refractivity contribution in [2.45, 2.75) is 33.8 Å². The molecule has 1 rings (SSSR count). The topological polar surface area (TPSA) is 27.7 Å². The maximum atomic E-state index is 5.91. The van der Waals surface area contributed by atoms with Crippen LogP contribution in [0.4, 0.5) is 0 Å². The van der Waals surface area contributed by atoms with Gasteiger partial charge in [0.2, 0.25) is 0 Å². The van der Waals surface area contributed by atoms with Crippen molar-refractivity contribution in [1.29, 1.82) is 0 Å². The van der Waals surface area contributed by atoms with Crippen LogP contribution in [-0.2, 0) is 13.6 Å². The Morgan fingerprint density at radius 3 is 2.50 bits per heavy atom. The molecule has 0 N–H and O–H groups in total. The summed E-state index contributed by atoms with van der Waals surface area (Å²) in [5.74, 6) is 0.469. The molecule has 0 aliphatic carbocycles. The molecule has 1 fully saturated rings. The predicted molar refractivity (Wildman–Crippen MR) is 59.1 cm³/mol. The summed E-state index contributed by atoms with van der Waals surface area (Å²) in [6.45, 7) is 9.34. The fourth-order valence-corrected chi connectivity index (χ4v) is 4.23. The number of hydrogen-bond donors (Lipinski definition) is 0. The molecule has 0 spiro atoms. The molecule has 5 heteroatoms. The first kappa shape index (κ1) is 12.9. The molecule has 84 valence electrons. The van der Waals surface area contributed by atoms with Crippen LogP contribution >= 0.6 is 6.19 Å². The quantitative estimate of drug-likeness (QED) is 0.576. The van der Waals surface area contributed by atoms with Crippen molar-refractivity contribution in [2.24, 2.45) is 11.3 Å². The van der Waals surface area contributed by atoms with Gasteiger partial charge in [-0.05, 0) is 0 Å². The fraction of sp³-hybridized carbons (Fsp3) is 1.00. The third kappa shape index (κ3) is 2.69. The van der Waals surface area contributed by atoms with Crippen molar-refractivity contribution in [3.63, 3.8) is 0 Å². The first-order valence-electron chi connectivity index (χ1n) is 4.79. The Morgan fingerprint density at radius 1 is 1.50 bits per heavy atom. The average molecular weight is 285 g/mol. The Balaban J connectivity index is 2.83. The second kappa shape index (κ2) is 4.37. The van der Waals surface area contributed by atoms with E-state index in [2.05, 4.69) is 42.8 Å². The van der Waals surface area contributed by atoms with Gasteiger partial charge in [0.15, 0.2) is 0 Å². The van der Waals surface area contributed by atoms with E-state index in [4.69, 9.17) is 13.6 Å². The van der Waals surface area contributed by atoms with Crippen LogP contribution < -0.4 is 0 Å². The van der Waals surface area contributed by atoms with Crippen LogP contribution in [0.3, 0.4) is 0 Å². The normalized spacial score (nSPS) is 37.4. The summed E-state index contributed by atoms with van der Waals surface area (Å²) >= 11 is 2.91. The van der Waals surface area contributed by atoms with Gasteiger partial charge in [-0.25, -0.2) is 0 Å². The van der Waals surface area contributed by atoms with Crippen LogP contribution in [-0.4, -0.2) is 34.9 Å². The number of rotatable bonds is 2. The molecule has 0 unspecified atom stereocenters. The van der Waals surface area contributed by atoms with Gasteiger partial charge in [0.25, 0.3) is 0 Å². The van der Waals surface area contributed by atoms with E-state index in [1.54, 1.807) is 7.11 Å². The van der Waals surface area contributed by atoms with Crippen molar-refractivity contribution in [1.82, 2.24) is 0 Å². The molecule has 14 heavy (non-hydrogen) atoms. The Hall–Kier alpha value is 0.829. The predicted octanol–water partition coefficient (Wildman–Crippen LogP) is 2.58. The summed E-state index contributed by atoms with van der Waals surface area (Å²) in [6, 6.07) is 0. The van der Waals surface area contributed by atoms with Crippen LogP contribution in [0.25, 0.3) is 0 Å². The Labute approximate surface area is 94.0 Å². The van der Waals surface area contributed by atoms with Gasteiger partial charge in [-0.15, -0.1) is 0 Å². The summed E-state index contributed by atoms with van der Waals surface area (Å²) in [6.07, 6.45) is -1.97. The third-order valence-corrected chi connectivity index (χ3v) is 5.96. The fourth-order valence-electron chi connectivity index (χ4n) is 1.76. The Kier molecular flexibility index (Phi) is 4.02. The molecule has 1 heterocycles. The zero-order valence-electron chi connectivity index (χ0n) is 9.44. The van der Waals surface area contributed by atoms with Gasteiger partial charge in [-0.1, -0.05) is 0 Å². The maximum absolute atomic E-state index is 5.91. The second-order valence-electron chi connectivity index (χ2n) is 4.66. The first-order valence-corrected chi connectivity index (χ1v) is 8.55. The first-order chi connectivity index (χ1) is 6.31. The van der Waals surface area contributed by atoms with E-state index in [9.17, 15) is 0 Å². The molecule has 2 atom stereocenters. The molecule has 0 radical (unpaired) electrons. The zero-order valence-corrected chi connectivity index (χ0v) is 12.0. The van der Waals surface area contributed by atoms with Gasteiger partial charge >= 0.3 is 93.7 Å². The van der Waals surface area contributed by atoms with Crippen molar-refractivity contribution < 1.29 is 13.6 Å². The van der Waals surface area contributed by atoms with E-state index in [1.165, 1.54) is 0 Å². The summed E-state index contributed by atoms with van der Waals surface area (Å²) < 4.78 is 16.8. The molecule has 0 aromatic carbocycles. The molecule has 0 saturated carbocycles. The minimum atomic E-state index is -2.16. The molecule has 1 aliphatic heterocycles. The van der Waals surface area contributed by atoms with Gasteiger partial charge in [-0.3, -0.25) is 0 Å². The molecule has 3 nitrogen and oxygen atoms in total. The third-order valence-electron chi connectivity index (χ3n) is 2.44. The second-order valence-corrected chi connectivity index (χ2v) is 9.21. The van der Waals surface area contributed by atoms with Crippen molar-refractivity contribution >= 4 is 21.3 Å². The molecule has 0 aromatic heterocycles. The summed E-state index contributed by atoms with van der Waals surface area (Å²) in [7, 11) is 1.62. The molecule has 0 amide bonds. The van der Waals surface area contributed by atoms with Crippen LogP contribution in [0.2, 0.25) is 0 Å². The van der Waals surface area contributed by atoms with Gasteiger partial charge in [0, 0.05) is 0 Å². The average Bonchev–Trinajstić information content (AvgIpc) is 2.09. The number of hydrogen-bond acceptors (Lipinski definition) is 3. The summed E-state index contributed by atoms with van der Waals surface area (Å²) in [5, 5.41) is 0.